The lowest BCUT2D eigenvalue weighted by Gasteiger charge is -2.05. The number of ether oxygens (including phenoxy) is 1. The summed E-state index contributed by atoms with van der Waals surface area (Å²) in [5.41, 5.74) is 7.69. The Morgan fingerprint density at radius 1 is 1.27 bits per heavy atom. The molecule has 0 atom stereocenters. The van der Waals surface area contributed by atoms with E-state index in [4.69, 9.17) is 10.5 Å². The second kappa shape index (κ2) is 5.98. The zero-order valence-electron chi connectivity index (χ0n) is 12.2. The fourth-order valence-electron chi connectivity index (χ4n) is 2.32. The lowest BCUT2D eigenvalue weighted by molar-refractivity contribution is 0.200. The predicted octanol–water partition coefficient (Wildman–Crippen LogP) is 0.939. The minimum atomic E-state index is -0.247. The summed E-state index contributed by atoms with van der Waals surface area (Å²) in [5.74, 6) is 0.840. The van der Waals surface area contributed by atoms with Gasteiger partial charge in [0.05, 0.1) is 13.2 Å². The van der Waals surface area contributed by atoms with Crippen LogP contribution in [-0.4, -0.2) is 33.2 Å². The van der Waals surface area contributed by atoms with Gasteiger partial charge < -0.3 is 15.5 Å². The zero-order chi connectivity index (χ0) is 15.5. The first kappa shape index (κ1) is 14.3. The van der Waals surface area contributed by atoms with E-state index in [2.05, 4.69) is 15.0 Å². The van der Waals surface area contributed by atoms with Crippen LogP contribution in [0.2, 0.25) is 0 Å². The summed E-state index contributed by atoms with van der Waals surface area (Å²) in [7, 11) is 1.61. The molecule has 114 valence electrons. The number of nitrogens with two attached hydrogens (primary N) is 1. The Bertz CT molecular complexity index is 838. The number of imidazole rings is 1. The van der Waals surface area contributed by atoms with E-state index >= 15 is 0 Å². The topological polar surface area (TPSA) is 98.8 Å². The van der Waals surface area contributed by atoms with Crippen molar-refractivity contribution in [2.75, 3.05) is 19.5 Å². The average Bonchev–Trinajstić information content (AvgIpc) is 2.83. The zero-order valence-corrected chi connectivity index (χ0v) is 12.2. The summed E-state index contributed by atoms with van der Waals surface area (Å²) >= 11 is 0. The number of nitrogens with one attached hydrogen (secondary N) is 1. The Balaban J connectivity index is 2.07. The SMILES string of the molecule is COCCc1nc(N)c2[nH]c(=O)n(Cc3ccccc3)c2n1. The molecule has 7 heteroatoms. The number of benzene rings is 1. The van der Waals surface area contributed by atoms with Gasteiger partial charge in [0.15, 0.2) is 11.5 Å². The molecule has 0 aliphatic heterocycles. The highest BCUT2D eigenvalue weighted by atomic mass is 16.5. The molecule has 0 spiro atoms. The smallest absolute Gasteiger partial charge is 0.328 e. The Labute approximate surface area is 126 Å². The van der Waals surface area contributed by atoms with Crippen LogP contribution in [0.1, 0.15) is 11.4 Å². The number of fused-ring (bicyclic) bond motifs is 1. The largest absolute Gasteiger partial charge is 0.384 e. The van der Waals surface area contributed by atoms with Crippen molar-refractivity contribution in [3.63, 3.8) is 0 Å². The molecule has 2 aromatic heterocycles. The summed E-state index contributed by atoms with van der Waals surface area (Å²) in [6.45, 7) is 0.929. The van der Waals surface area contributed by atoms with Gasteiger partial charge in [0.2, 0.25) is 0 Å². The Morgan fingerprint density at radius 3 is 2.77 bits per heavy atom. The van der Waals surface area contributed by atoms with Gasteiger partial charge in [-0.1, -0.05) is 30.3 Å². The number of aromatic nitrogens is 4. The molecule has 0 aliphatic rings. The maximum absolute atomic E-state index is 12.2. The monoisotopic (exact) mass is 299 g/mol. The minimum Gasteiger partial charge on any atom is -0.384 e. The first-order valence-corrected chi connectivity index (χ1v) is 6.97. The molecule has 0 amide bonds. The van der Waals surface area contributed by atoms with Gasteiger partial charge in [-0.3, -0.25) is 4.57 Å². The normalized spacial score (nSPS) is 11.1. The Hall–Kier alpha value is -2.67. The molecule has 0 radical (unpaired) electrons. The van der Waals surface area contributed by atoms with Gasteiger partial charge in [-0.2, -0.15) is 0 Å². The van der Waals surface area contributed by atoms with Crippen molar-refractivity contribution in [2.45, 2.75) is 13.0 Å². The van der Waals surface area contributed by atoms with Crippen LogP contribution in [0.15, 0.2) is 35.1 Å². The number of methoxy groups -OCH3 is 1. The van der Waals surface area contributed by atoms with E-state index in [1.54, 1.807) is 11.7 Å². The summed E-state index contributed by atoms with van der Waals surface area (Å²) in [4.78, 5) is 23.6. The van der Waals surface area contributed by atoms with Crippen molar-refractivity contribution < 1.29 is 4.74 Å². The van der Waals surface area contributed by atoms with Gasteiger partial charge in [0.1, 0.15) is 11.3 Å². The van der Waals surface area contributed by atoms with Crippen molar-refractivity contribution >= 4 is 17.0 Å². The molecule has 1 aromatic carbocycles. The van der Waals surface area contributed by atoms with Crippen LogP contribution in [-0.2, 0) is 17.7 Å². The summed E-state index contributed by atoms with van der Waals surface area (Å²) in [6.07, 6.45) is 0.543. The van der Waals surface area contributed by atoms with Crippen molar-refractivity contribution in [2.24, 2.45) is 0 Å². The van der Waals surface area contributed by atoms with E-state index in [9.17, 15) is 4.79 Å². The number of rotatable bonds is 5. The average molecular weight is 299 g/mol. The third-order valence-corrected chi connectivity index (χ3v) is 3.41. The van der Waals surface area contributed by atoms with Gasteiger partial charge in [-0.15, -0.1) is 0 Å². The molecule has 0 bridgehead atoms. The number of nitrogen functional groups attached to an aromatic ring is 1. The van der Waals surface area contributed by atoms with Gasteiger partial charge in [-0.05, 0) is 5.56 Å². The Kier molecular flexibility index (Phi) is 3.88. The lowest BCUT2D eigenvalue weighted by Crippen LogP contribution is -2.18. The van der Waals surface area contributed by atoms with Crippen LogP contribution >= 0.6 is 0 Å². The van der Waals surface area contributed by atoms with E-state index in [0.29, 0.717) is 36.6 Å². The molecule has 3 rings (SSSR count). The third kappa shape index (κ3) is 2.71. The molecule has 0 aliphatic carbocycles. The van der Waals surface area contributed by atoms with Crippen LogP contribution in [0, 0.1) is 0 Å². The first-order chi connectivity index (χ1) is 10.7. The quantitative estimate of drug-likeness (QED) is 0.730. The van der Waals surface area contributed by atoms with E-state index < -0.39 is 0 Å². The molecule has 0 saturated carbocycles. The maximum Gasteiger partial charge on any atom is 0.328 e. The van der Waals surface area contributed by atoms with Crippen LogP contribution in [0.3, 0.4) is 0 Å². The molecule has 2 heterocycles. The number of H-pyrrole nitrogens is 1. The molecule has 3 aromatic rings. The highest BCUT2D eigenvalue weighted by Crippen LogP contribution is 2.15. The second-order valence-electron chi connectivity index (χ2n) is 4.97. The number of hydrogen-bond acceptors (Lipinski definition) is 5. The fraction of sp³-hybridized carbons (Fsp3) is 0.267. The summed E-state index contributed by atoms with van der Waals surface area (Å²) in [6, 6.07) is 9.72. The standard InChI is InChI=1S/C15H17N5O2/c1-22-8-7-11-17-13(16)12-14(18-11)20(15(21)19-12)9-10-5-3-2-4-6-10/h2-6H,7-9H2,1H3,(H,19,21)(H2,16,17,18). The van der Waals surface area contributed by atoms with Crippen LogP contribution < -0.4 is 11.4 Å². The third-order valence-electron chi connectivity index (χ3n) is 3.41. The molecular formula is C15H17N5O2. The summed E-state index contributed by atoms with van der Waals surface area (Å²) < 4.78 is 6.60. The lowest BCUT2D eigenvalue weighted by atomic mass is 10.2. The number of nitrogens with zero attached hydrogens (tertiary/aromatic N) is 3. The van der Waals surface area contributed by atoms with Crippen LogP contribution in [0.5, 0.6) is 0 Å². The molecule has 0 saturated heterocycles. The molecule has 22 heavy (non-hydrogen) atoms. The minimum absolute atomic E-state index is 0.247. The van der Waals surface area contributed by atoms with Crippen molar-refractivity contribution in [1.29, 1.82) is 0 Å². The number of aromatic amines is 1. The van der Waals surface area contributed by atoms with E-state index in [-0.39, 0.29) is 11.5 Å². The van der Waals surface area contributed by atoms with Gasteiger partial charge in [0, 0.05) is 13.5 Å². The summed E-state index contributed by atoms with van der Waals surface area (Å²) in [5, 5.41) is 0. The molecule has 7 nitrogen and oxygen atoms in total. The van der Waals surface area contributed by atoms with Crippen molar-refractivity contribution in [1.82, 2.24) is 19.5 Å². The van der Waals surface area contributed by atoms with Crippen LogP contribution in [0.25, 0.3) is 11.2 Å². The maximum atomic E-state index is 12.2. The van der Waals surface area contributed by atoms with Gasteiger partial charge >= 0.3 is 5.69 Å². The highest BCUT2D eigenvalue weighted by Gasteiger charge is 2.14. The molecule has 3 N–H and O–H groups in total. The highest BCUT2D eigenvalue weighted by molar-refractivity contribution is 5.81. The van der Waals surface area contributed by atoms with E-state index in [1.807, 2.05) is 30.3 Å². The number of hydrogen-bond donors (Lipinski definition) is 2. The molecule has 0 unspecified atom stereocenters. The molecular weight excluding hydrogens is 282 g/mol. The Morgan fingerprint density at radius 2 is 2.05 bits per heavy atom. The predicted molar refractivity (Wildman–Crippen MR) is 83.7 cm³/mol. The van der Waals surface area contributed by atoms with E-state index in [0.717, 1.165) is 5.56 Å². The number of anilines is 1. The van der Waals surface area contributed by atoms with Crippen LogP contribution in [0.4, 0.5) is 5.82 Å². The van der Waals surface area contributed by atoms with Crippen molar-refractivity contribution in [3.05, 3.63) is 52.2 Å². The first-order valence-electron chi connectivity index (χ1n) is 6.97. The second-order valence-corrected chi connectivity index (χ2v) is 4.97. The van der Waals surface area contributed by atoms with Gasteiger partial charge in [0.25, 0.3) is 0 Å². The van der Waals surface area contributed by atoms with Crippen molar-refractivity contribution in [3.8, 4) is 0 Å². The van der Waals surface area contributed by atoms with Gasteiger partial charge in [-0.25, -0.2) is 14.8 Å². The van der Waals surface area contributed by atoms with E-state index in [1.165, 1.54) is 0 Å². The molecule has 0 fully saturated rings. The fourth-order valence-corrected chi connectivity index (χ4v) is 2.32.